The molecule has 13 nitrogen and oxygen atoms in total. The summed E-state index contributed by atoms with van der Waals surface area (Å²) < 4.78 is 33.4. The second-order valence-corrected chi connectivity index (χ2v) is 17.3. The molecule has 0 spiro atoms. The number of esters is 2. The van der Waals surface area contributed by atoms with Gasteiger partial charge in [0.05, 0.1) is 6.61 Å². The van der Waals surface area contributed by atoms with Gasteiger partial charge in [-0.25, -0.2) is 4.57 Å². The van der Waals surface area contributed by atoms with Gasteiger partial charge in [0.15, 0.2) is 6.10 Å². The van der Waals surface area contributed by atoms with Crippen LogP contribution in [-0.4, -0.2) is 98.3 Å². The van der Waals surface area contributed by atoms with E-state index in [1.807, 2.05) is 12.2 Å². The molecule has 14 heteroatoms. The minimum Gasteiger partial charge on any atom is -0.462 e. The molecule has 6 unspecified atom stereocenters. The van der Waals surface area contributed by atoms with Crippen LogP contribution in [0, 0.1) is 0 Å². The molecule has 61 heavy (non-hydrogen) atoms. The largest absolute Gasteiger partial charge is 0.472 e. The molecule has 0 heterocycles. The highest BCUT2D eigenvalue weighted by atomic mass is 31.2. The highest BCUT2D eigenvalue weighted by Crippen LogP contribution is 2.47. The van der Waals surface area contributed by atoms with Gasteiger partial charge in [0.1, 0.15) is 43.2 Å². The fraction of sp³-hybridized carbons (Fsp3) is 0.745. The Morgan fingerprint density at radius 1 is 0.508 bits per heavy atom. The van der Waals surface area contributed by atoms with Crippen molar-refractivity contribution >= 4 is 19.8 Å². The Hall–Kier alpha value is -2.45. The van der Waals surface area contributed by atoms with E-state index in [-0.39, 0.29) is 12.8 Å². The summed E-state index contributed by atoms with van der Waals surface area (Å²) in [5.41, 5.74) is 0. The van der Waals surface area contributed by atoms with E-state index in [9.17, 15) is 44.6 Å². The Labute approximate surface area is 366 Å². The molecule has 0 aromatic carbocycles. The molecule has 0 bridgehead atoms. The molecule has 1 saturated carbocycles. The highest BCUT2D eigenvalue weighted by molar-refractivity contribution is 7.47. The molecule has 352 valence electrons. The van der Waals surface area contributed by atoms with E-state index in [0.29, 0.717) is 19.3 Å². The number of allylic oxidation sites excluding steroid dienone is 10. The number of carbonyl (C=O) groups excluding carboxylic acids is 2. The fourth-order valence-electron chi connectivity index (χ4n) is 6.57. The van der Waals surface area contributed by atoms with Gasteiger partial charge in [-0.05, 0) is 77.0 Å². The second-order valence-electron chi connectivity index (χ2n) is 15.9. The third kappa shape index (κ3) is 29.5. The van der Waals surface area contributed by atoms with Crippen molar-refractivity contribution in [3.63, 3.8) is 0 Å². The van der Waals surface area contributed by atoms with Gasteiger partial charge in [0.2, 0.25) is 0 Å². The lowest BCUT2D eigenvalue weighted by atomic mass is 9.85. The molecule has 0 aromatic rings. The van der Waals surface area contributed by atoms with E-state index in [4.69, 9.17) is 18.5 Å². The molecule has 1 fully saturated rings. The minimum atomic E-state index is -5.14. The first-order chi connectivity index (χ1) is 29.4. The fourth-order valence-corrected chi connectivity index (χ4v) is 7.54. The number of hydrogen-bond acceptors (Lipinski definition) is 12. The van der Waals surface area contributed by atoms with Crippen molar-refractivity contribution in [1.82, 2.24) is 0 Å². The number of phosphoric acid groups is 1. The first-order valence-corrected chi connectivity index (χ1v) is 24.6. The molecular formula is C47H81O13P. The minimum absolute atomic E-state index is 0.0628. The topological polar surface area (TPSA) is 210 Å². The number of hydrogen-bond donors (Lipinski definition) is 6. The van der Waals surface area contributed by atoms with Gasteiger partial charge >= 0.3 is 19.8 Å². The zero-order valence-corrected chi connectivity index (χ0v) is 38.1. The van der Waals surface area contributed by atoms with E-state index in [1.54, 1.807) is 0 Å². The predicted octanol–water partition coefficient (Wildman–Crippen LogP) is 8.94. The third-order valence-corrected chi connectivity index (χ3v) is 11.3. The standard InChI is InChI=1S/C47H81O13P/c1-3-5-7-9-11-13-15-17-19-20-22-23-25-27-29-31-33-35-40(48)57-37-39(38-58-61(55,56)60-47-45(53)43(51)42(50)44(52)46(47)54)59-41(49)36-34-32-30-28-26-24-21-18-16-14-12-10-8-6-4-2/h11,13,17,19,22-24,26-27,29,39,42-47,50-54H,3-10,12,14-16,18,20-21,25,28,30-38H2,1-2H3,(H,55,56)/b13-11+,19-17+,23-22+,26-24+,29-27+/t39-,42?,43-,44?,45?,46?,47?/m0/s1. The molecule has 8 atom stereocenters. The van der Waals surface area contributed by atoms with Crippen LogP contribution in [0.5, 0.6) is 0 Å². The first kappa shape index (κ1) is 56.6. The van der Waals surface area contributed by atoms with Crippen molar-refractivity contribution in [1.29, 1.82) is 0 Å². The predicted molar refractivity (Wildman–Crippen MR) is 239 cm³/mol. The normalized spacial score (nSPS) is 22.6. The van der Waals surface area contributed by atoms with Crippen LogP contribution in [0.1, 0.15) is 168 Å². The van der Waals surface area contributed by atoms with Crippen LogP contribution in [0.4, 0.5) is 0 Å². The molecular weight excluding hydrogens is 803 g/mol. The van der Waals surface area contributed by atoms with Gasteiger partial charge in [-0.2, -0.15) is 0 Å². The number of ether oxygens (including phenoxy) is 2. The number of carbonyl (C=O) groups is 2. The molecule has 0 aromatic heterocycles. The quantitative estimate of drug-likeness (QED) is 0.0149. The van der Waals surface area contributed by atoms with Crippen LogP contribution in [0.25, 0.3) is 0 Å². The molecule has 0 aliphatic heterocycles. The van der Waals surface area contributed by atoms with Crippen LogP contribution in [0.15, 0.2) is 60.8 Å². The maximum Gasteiger partial charge on any atom is 0.472 e. The smallest absolute Gasteiger partial charge is 0.462 e. The van der Waals surface area contributed by atoms with E-state index in [2.05, 4.69) is 62.5 Å². The zero-order valence-electron chi connectivity index (χ0n) is 37.2. The average Bonchev–Trinajstić information content (AvgIpc) is 3.24. The molecule has 1 aliphatic carbocycles. The molecule has 6 N–H and O–H groups in total. The van der Waals surface area contributed by atoms with Crippen LogP contribution >= 0.6 is 7.82 Å². The van der Waals surface area contributed by atoms with E-state index in [0.717, 1.165) is 51.4 Å². The number of phosphoric ester groups is 1. The summed E-state index contributed by atoms with van der Waals surface area (Å²) in [5.74, 6) is -1.19. The number of aliphatic hydroxyl groups is 5. The van der Waals surface area contributed by atoms with Crippen molar-refractivity contribution in [3.05, 3.63) is 60.8 Å². The van der Waals surface area contributed by atoms with Crippen molar-refractivity contribution < 1.29 is 63.1 Å². The summed E-state index contributed by atoms with van der Waals surface area (Å²) in [6.45, 7) is 3.20. The molecule has 0 saturated heterocycles. The highest BCUT2D eigenvalue weighted by Gasteiger charge is 2.51. The summed E-state index contributed by atoms with van der Waals surface area (Å²) in [5, 5.41) is 50.1. The first-order valence-electron chi connectivity index (χ1n) is 23.1. The number of aliphatic hydroxyl groups excluding tert-OH is 5. The van der Waals surface area contributed by atoms with Crippen molar-refractivity contribution in [2.24, 2.45) is 0 Å². The van der Waals surface area contributed by atoms with Crippen LogP contribution < -0.4 is 0 Å². The Kier molecular flexibility index (Phi) is 34.3. The van der Waals surface area contributed by atoms with E-state index < -0.39 is 75.7 Å². The maximum absolute atomic E-state index is 12.8. The summed E-state index contributed by atoms with van der Waals surface area (Å²) in [4.78, 5) is 35.7. The molecule has 1 aliphatic rings. The molecule has 0 amide bonds. The van der Waals surface area contributed by atoms with E-state index >= 15 is 0 Å². The Morgan fingerprint density at radius 2 is 0.902 bits per heavy atom. The van der Waals surface area contributed by atoms with Crippen molar-refractivity contribution in [2.45, 2.75) is 211 Å². The molecule has 0 radical (unpaired) electrons. The Morgan fingerprint density at radius 3 is 1.44 bits per heavy atom. The van der Waals surface area contributed by atoms with Gasteiger partial charge in [-0.1, -0.05) is 139 Å². The zero-order chi connectivity index (χ0) is 45.0. The van der Waals surface area contributed by atoms with Gasteiger partial charge in [0, 0.05) is 12.8 Å². The lowest BCUT2D eigenvalue weighted by molar-refractivity contribution is -0.220. The van der Waals surface area contributed by atoms with Crippen LogP contribution in [0.2, 0.25) is 0 Å². The second kappa shape index (κ2) is 37.0. The monoisotopic (exact) mass is 885 g/mol. The summed E-state index contributed by atoms with van der Waals surface area (Å²) in [6.07, 6.45) is 31.4. The van der Waals surface area contributed by atoms with Crippen molar-refractivity contribution in [2.75, 3.05) is 13.2 Å². The summed E-state index contributed by atoms with van der Waals surface area (Å²) in [6, 6.07) is 0. The molecule has 1 rings (SSSR count). The van der Waals surface area contributed by atoms with Crippen LogP contribution in [-0.2, 0) is 32.7 Å². The summed E-state index contributed by atoms with van der Waals surface area (Å²) >= 11 is 0. The summed E-state index contributed by atoms with van der Waals surface area (Å²) in [7, 11) is -5.14. The number of unbranched alkanes of at least 4 members (excludes halogenated alkanes) is 15. The van der Waals surface area contributed by atoms with Crippen LogP contribution in [0.3, 0.4) is 0 Å². The van der Waals surface area contributed by atoms with Gasteiger partial charge in [0.25, 0.3) is 0 Å². The third-order valence-electron chi connectivity index (χ3n) is 10.3. The van der Waals surface area contributed by atoms with Gasteiger partial charge < -0.3 is 39.9 Å². The van der Waals surface area contributed by atoms with Gasteiger partial charge in [-0.3, -0.25) is 18.6 Å². The van der Waals surface area contributed by atoms with Gasteiger partial charge in [-0.15, -0.1) is 0 Å². The SMILES string of the molecule is CCCCC/C=C/C/C=C/C/C=C/C/C=C/CCCC(=O)OC[C@@H](COP(=O)(O)OC1C(O)C(O)C(O)[C@H](O)C1O)OC(=O)CCCCC/C=C/CCCCCCCCCC. The maximum atomic E-state index is 12.8. The lowest BCUT2D eigenvalue weighted by Crippen LogP contribution is -2.64. The Balaban J connectivity index is 2.52. The average molecular weight is 885 g/mol. The number of rotatable bonds is 37. The van der Waals surface area contributed by atoms with Crippen molar-refractivity contribution in [3.8, 4) is 0 Å². The Bertz CT molecular complexity index is 1300. The lowest BCUT2D eigenvalue weighted by Gasteiger charge is -2.41. The van der Waals surface area contributed by atoms with E-state index in [1.165, 1.54) is 70.6 Å².